The lowest BCUT2D eigenvalue weighted by Gasteiger charge is -2.26. The highest BCUT2D eigenvalue weighted by Crippen LogP contribution is 2.13. The van der Waals surface area contributed by atoms with E-state index in [0.717, 1.165) is 18.6 Å². The number of methoxy groups -OCH3 is 1. The van der Waals surface area contributed by atoms with Crippen LogP contribution >= 0.6 is 0 Å². The molecule has 7 heteroatoms. The van der Waals surface area contributed by atoms with E-state index < -0.39 is 9.84 Å². The summed E-state index contributed by atoms with van der Waals surface area (Å²) >= 11 is 0. The summed E-state index contributed by atoms with van der Waals surface area (Å²) in [6.07, 6.45) is 1.74. The van der Waals surface area contributed by atoms with Crippen molar-refractivity contribution >= 4 is 15.7 Å². The van der Waals surface area contributed by atoms with Crippen molar-refractivity contribution in [2.45, 2.75) is 25.8 Å². The number of benzene rings is 1. The van der Waals surface area contributed by atoms with Crippen molar-refractivity contribution < 1.29 is 17.9 Å². The van der Waals surface area contributed by atoms with E-state index in [0.29, 0.717) is 13.1 Å². The Morgan fingerprint density at radius 1 is 1.25 bits per heavy atom. The molecule has 0 saturated carbocycles. The monoisotopic (exact) mass is 354 g/mol. The van der Waals surface area contributed by atoms with Crippen LogP contribution in [-0.4, -0.2) is 63.5 Å². The zero-order chi connectivity index (χ0) is 17.6. The van der Waals surface area contributed by atoms with Crippen molar-refractivity contribution in [2.24, 2.45) is 0 Å². The highest BCUT2D eigenvalue weighted by molar-refractivity contribution is 7.91. The van der Waals surface area contributed by atoms with Crippen LogP contribution in [0, 0.1) is 0 Å². The molecule has 1 fully saturated rings. The van der Waals surface area contributed by atoms with Crippen LogP contribution in [0.5, 0.6) is 5.75 Å². The van der Waals surface area contributed by atoms with Gasteiger partial charge in [0.15, 0.2) is 9.84 Å². The summed E-state index contributed by atoms with van der Waals surface area (Å²) < 4.78 is 27.9. The first kappa shape index (κ1) is 18.7. The molecule has 1 aliphatic heterocycles. The summed E-state index contributed by atoms with van der Waals surface area (Å²) in [4.78, 5) is 14.0. The molecule has 0 unspecified atom stereocenters. The van der Waals surface area contributed by atoms with Crippen molar-refractivity contribution in [1.82, 2.24) is 10.2 Å². The van der Waals surface area contributed by atoms with Gasteiger partial charge in [-0.2, -0.15) is 0 Å². The zero-order valence-electron chi connectivity index (χ0n) is 14.3. The van der Waals surface area contributed by atoms with Crippen LogP contribution in [0.2, 0.25) is 0 Å². The van der Waals surface area contributed by atoms with Crippen LogP contribution in [0.15, 0.2) is 24.3 Å². The van der Waals surface area contributed by atoms with E-state index in [-0.39, 0.29) is 30.0 Å². The van der Waals surface area contributed by atoms with Crippen LogP contribution in [0.3, 0.4) is 0 Å². The van der Waals surface area contributed by atoms with Crippen molar-refractivity contribution in [3.05, 3.63) is 29.8 Å². The van der Waals surface area contributed by atoms with Gasteiger partial charge >= 0.3 is 0 Å². The van der Waals surface area contributed by atoms with Crippen molar-refractivity contribution in [1.29, 1.82) is 0 Å². The Morgan fingerprint density at radius 3 is 2.46 bits per heavy atom. The van der Waals surface area contributed by atoms with Crippen molar-refractivity contribution in [3.63, 3.8) is 0 Å². The maximum absolute atomic E-state index is 12.1. The SMILES string of the molecule is COc1ccc(CC[C@@H](C)NC(=O)CN2CCS(=O)(=O)CC2)cc1. The number of sulfone groups is 1. The molecule has 1 aliphatic rings. The summed E-state index contributed by atoms with van der Waals surface area (Å²) in [5.41, 5.74) is 1.21. The highest BCUT2D eigenvalue weighted by atomic mass is 32.2. The molecule has 24 heavy (non-hydrogen) atoms. The average molecular weight is 354 g/mol. The lowest BCUT2D eigenvalue weighted by molar-refractivity contribution is -0.122. The second-order valence-electron chi connectivity index (χ2n) is 6.28. The van der Waals surface area contributed by atoms with Gasteiger partial charge in [-0.05, 0) is 37.5 Å². The first-order valence-corrected chi connectivity index (χ1v) is 10.0. The molecule has 1 amide bonds. The molecule has 6 nitrogen and oxygen atoms in total. The van der Waals surface area contributed by atoms with Gasteiger partial charge in [-0.15, -0.1) is 0 Å². The standard InChI is InChI=1S/C17H26N2O4S/c1-14(3-4-15-5-7-16(23-2)8-6-15)18-17(20)13-19-9-11-24(21,22)12-10-19/h5-8,14H,3-4,9-13H2,1-2H3,(H,18,20)/t14-/m1/s1. The van der Waals surface area contributed by atoms with Gasteiger partial charge < -0.3 is 10.1 Å². The molecule has 2 rings (SSSR count). The zero-order valence-corrected chi connectivity index (χ0v) is 15.1. The number of ether oxygens (including phenoxy) is 1. The minimum Gasteiger partial charge on any atom is -0.497 e. The molecular formula is C17H26N2O4S. The number of aryl methyl sites for hydroxylation is 1. The van der Waals surface area contributed by atoms with Crippen LogP contribution in [0.1, 0.15) is 18.9 Å². The lowest BCUT2D eigenvalue weighted by atomic mass is 10.1. The van der Waals surface area contributed by atoms with Gasteiger partial charge in [0.25, 0.3) is 0 Å². The maximum atomic E-state index is 12.1. The van der Waals surface area contributed by atoms with Crippen LogP contribution in [0.25, 0.3) is 0 Å². The molecule has 1 atom stereocenters. The summed E-state index contributed by atoms with van der Waals surface area (Å²) in [5, 5.41) is 2.99. The number of nitrogens with zero attached hydrogens (tertiary/aromatic N) is 1. The highest BCUT2D eigenvalue weighted by Gasteiger charge is 2.23. The van der Waals surface area contributed by atoms with E-state index in [2.05, 4.69) is 5.32 Å². The first-order valence-electron chi connectivity index (χ1n) is 8.23. The second-order valence-corrected chi connectivity index (χ2v) is 8.59. The fourth-order valence-electron chi connectivity index (χ4n) is 2.68. The number of hydrogen-bond donors (Lipinski definition) is 1. The Balaban J connectivity index is 1.69. The number of hydrogen-bond acceptors (Lipinski definition) is 5. The van der Waals surface area contributed by atoms with E-state index in [9.17, 15) is 13.2 Å². The quantitative estimate of drug-likeness (QED) is 0.786. The summed E-state index contributed by atoms with van der Waals surface area (Å²) in [6, 6.07) is 8.00. The second kappa shape index (κ2) is 8.48. The van der Waals surface area contributed by atoms with Crippen LogP contribution < -0.4 is 10.1 Å². The fourth-order valence-corrected chi connectivity index (χ4v) is 3.96. The Hall–Kier alpha value is -1.60. The van der Waals surface area contributed by atoms with Gasteiger partial charge in [-0.25, -0.2) is 8.42 Å². The summed E-state index contributed by atoms with van der Waals surface area (Å²) in [6.45, 7) is 3.14. The van der Waals surface area contributed by atoms with E-state index in [4.69, 9.17) is 4.74 Å². The minimum absolute atomic E-state index is 0.0449. The fraction of sp³-hybridized carbons (Fsp3) is 0.588. The largest absolute Gasteiger partial charge is 0.497 e. The predicted molar refractivity (Wildman–Crippen MR) is 94.0 cm³/mol. The molecule has 0 aliphatic carbocycles. The maximum Gasteiger partial charge on any atom is 0.234 e. The molecule has 1 saturated heterocycles. The molecule has 0 radical (unpaired) electrons. The van der Waals surface area contributed by atoms with Gasteiger partial charge in [-0.3, -0.25) is 9.69 Å². The molecule has 134 valence electrons. The van der Waals surface area contributed by atoms with Crippen LogP contribution in [0.4, 0.5) is 0 Å². The molecule has 1 heterocycles. The topological polar surface area (TPSA) is 75.7 Å². The molecular weight excluding hydrogens is 328 g/mol. The summed E-state index contributed by atoms with van der Waals surface area (Å²) in [7, 11) is -1.26. The van der Waals surface area contributed by atoms with E-state index in [1.165, 1.54) is 5.56 Å². The molecule has 0 aromatic heterocycles. The Labute approximate surface area is 144 Å². The molecule has 1 aromatic carbocycles. The Kier molecular flexibility index (Phi) is 6.62. The van der Waals surface area contributed by atoms with E-state index in [1.54, 1.807) is 7.11 Å². The predicted octanol–water partition coefficient (Wildman–Crippen LogP) is 0.863. The third kappa shape index (κ3) is 6.13. The Bertz CT molecular complexity index is 629. The van der Waals surface area contributed by atoms with Crippen molar-refractivity contribution in [2.75, 3.05) is 38.2 Å². The average Bonchev–Trinajstić information content (AvgIpc) is 2.55. The van der Waals surface area contributed by atoms with Gasteiger partial charge in [0.2, 0.25) is 5.91 Å². The normalized spacial score (nSPS) is 18.8. The number of carbonyl (C=O) groups is 1. The number of nitrogens with one attached hydrogen (secondary N) is 1. The molecule has 0 bridgehead atoms. The van der Waals surface area contributed by atoms with Crippen LogP contribution in [-0.2, 0) is 21.1 Å². The molecule has 0 spiro atoms. The smallest absolute Gasteiger partial charge is 0.234 e. The minimum atomic E-state index is -2.90. The third-order valence-corrected chi connectivity index (χ3v) is 5.85. The molecule has 1 aromatic rings. The number of carbonyl (C=O) groups excluding carboxylic acids is 1. The van der Waals surface area contributed by atoms with E-state index >= 15 is 0 Å². The van der Waals surface area contributed by atoms with Gasteiger partial charge in [0, 0.05) is 19.1 Å². The van der Waals surface area contributed by atoms with E-state index in [1.807, 2.05) is 36.1 Å². The third-order valence-electron chi connectivity index (χ3n) is 4.24. The van der Waals surface area contributed by atoms with Crippen molar-refractivity contribution in [3.8, 4) is 5.75 Å². The lowest BCUT2D eigenvalue weighted by Crippen LogP contribution is -2.46. The number of amides is 1. The van der Waals surface area contributed by atoms with Gasteiger partial charge in [-0.1, -0.05) is 12.1 Å². The Morgan fingerprint density at radius 2 is 1.88 bits per heavy atom. The van der Waals surface area contributed by atoms with Gasteiger partial charge in [0.05, 0.1) is 25.2 Å². The van der Waals surface area contributed by atoms with Gasteiger partial charge in [0.1, 0.15) is 5.75 Å². The summed E-state index contributed by atoms with van der Waals surface area (Å²) in [5.74, 6) is 1.08. The first-order chi connectivity index (χ1) is 11.4. The molecule has 1 N–H and O–H groups in total. The number of rotatable bonds is 7.